The van der Waals surface area contributed by atoms with E-state index in [1.165, 1.54) is 11.3 Å². The topological polar surface area (TPSA) is 37.6 Å². The molecule has 1 heterocycles. The summed E-state index contributed by atoms with van der Waals surface area (Å²) in [6, 6.07) is 8.35. The van der Waals surface area contributed by atoms with E-state index < -0.39 is 0 Å². The van der Waals surface area contributed by atoms with Crippen LogP contribution in [0.4, 0.5) is 5.69 Å². The summed E-state index contributed by atoms with van der Waals surface area (Å²) in [5.41, 5.74) is 3.63. The summed E-state index contributed by atoms with van der Waals surface area (Å²) in [5, 5.41) is 3.39. The van der Waals surface area contributed by atoms with Crippen molar-refractivity contribution in [2.45, 2.75) is 13.1 Å². The van der Waals surface area contributed by atoms with Crippen LogP contribution in [-0.2, 0) is 17.8 Å². The molecule has 21 heavy (non-hydrogen) atoms. The van der Waals surface area contributed by atoms with Gasteiger partial charge in [-0.3, -0.25) is 0 Å². The Bertz CT molecular complexity index is 543. The molecular weight excluding hydrogens is 332 g/mol. The Balaban J connectivity index is 2.06. The molecule has 0 bridgehead atoms. The van der Waals surface area contributed by atoms with E-state index in [0.29, 0.717) is 0 Å². The van der Waals surface area contributed by atoms with Crippen molar-refractivity contribution in [2.24, 2.45) is 0 Å². The second-order valence-corrected chi connectivity index (χ2v) is 5.85. The molecule has 0 aliphatic rings. The van der Waals surface area contributed by atoms with E-state index in [0.717, 1.165) is 36.3 Å². The number of ether oxygens (including phenoxy) is 1. The van der Waals surface area contributed by atoms with Gasteiger partial charge in [0.2, 0.25) is 0 Å². The van der Waals surface area contributed by atoms with Crippen LogP contribution in [0.2, 0.25) is 0 Å². The Hall–Kier alpha value is -1.30. The van der Waals surface area contributed by atoms with Crippen LogP contribution in [0.1, 0.15) is 11.1 Å². The maximum Gasteiger partial charge on any atom is 0.0952 e. The third kappa shape index (κ3) is 4.88. The number of methoxy groups -OCH3 is 1. The average Bonchev–Trinajstić information content (AvgIpc) is 2.97. The molecule has 0 amide bonds. The third-order valence-corrected chi connectivity index (χ3v) is 3.75. The number of nitrogens with one attached hydrogen (secondary N) is 1. The summed E-state index contributed by atoms with van der Waals surface area (Å²) >= 11 is 3.55. The fourth-order valence-corrected chi connectivity index (χ4v) is 2.53. The van der Waals surface area contributed by atoms with Gasteiger partial charge in [0.25, 0.3) is 0 Å². The molecule has 0 aliphatic heterocycles. The van der Waals surface area contributed by atoms with Crippen LogP contribution in [0.25, 0.3) is 0 Å². The van der Waals surface area contributed by atoms with Crippen LogP contribution in [0, 0.1) is 0 Å². The van der Waals surface area contributed by atoms with E-state index in [-0.39, 0.29) is 0 Å². The second-order valence-electron chi connectivity index (χ2n) is 4.93. The maximum atomic E-state index is 5.13. The van der Waals surface area contributed by atoms with Crippen molar-refractivity contribution in [1.29, 1.82) is 0 Å². The summed E-state index contributed by atoms with van der Waals surface area (Å²) in [7, 11) is 3.80. The molecule has 0 saturated heterocycles. The number of halogens is 1. The van der Waals surface area contributed by atoms with Crippen LogP contribution in [0.3, 0.4) is 0 Å². The molecule has 0 aliphatic carbocycles. The number of hydrogen-bond acceptors (Lipinski definition) is 4. The molecule has 5 heteroatoms. The van der Waals surface area contributed by atoms with Crippen molar-refractivity contribution < 1.29 is 9.15 Å². The first-order valence-electron chi connectivity index (χ1n) is 6.91. The van der Waals surface area contributed by atoms with Crippen molar-refractivity contribution in [3.8, 4) is 0 Å². The summed E-state index contributed by atoms with van der Waals surface area (Å²) in [4.78, 5) is 2.23. The van der Waals surface area contributed by atoms with Gasteiger partial charge in [0.1, 0.15) is 0 Å². The Kier molecular flexibility index (Phi) is 6.29. The highest BCUT2D eigenvalue weighted by molar-refractivity contribution is 9.10. The number of anilines is 1. The lowest BCUT2D eigenvalue weighted by Gasteiger charge is -2.22. The van der Waals surface area contributed by atoms with Gasteiger partial charge in [-0.15, -0.1) is 0 Å². The minimum Gasteiger partial charge on any atom is -0.472 e. The smallest absolute Gasteiger partial charge is 0.0952 e. The van der Waals surface area contributed by atoms with Crippen molar-refractivity contribution in [3.63, 3.8) is 0 Å². The van der Waals surface area contributed by atoms with Gasteiger partial charge in [-0.2, -0.15) is 0 Å². The predicted molar refractivity (Wildman–Crippen MR) is 88.5 cm³/mol. The normalized spacial score (nSPS) is 10.8. The summed E-state index contributed by atoms with van der Waals surface area (Å²) in [6.07, 6.45) is 3.49. The Morgan fingerprint density at radius 2 is 2.19 bits per heavy atom. The molecule has 114 valence electrons. The van der Waals surface area contributed by atoms with Gasteiger partial charge >= 0.3 is 0 Å². The molecule has 2 rings (SSSR count). The quantitative estimate of drug-likeness (QED) is 0.738. The lowest BCUT2D eigenvalue weighted by Crippen LogP contribution is -2.22. The minimum absolute atomic E-state index is 0.719. The highest BCUT2D eigenvalue weighted by Crippen LogP contribution is 2.25. The van der Waals surface area contributed by atoms with E-state index in [9.17, 15) is 0 Å². The second kappa shape index (κ2) is 8.22. The number of nitrogens with zero attached hydrogens (tertiary/aromatic N) is 1. The number of furan rings is 1. The van der Waals surface area contributed by atoms with Gasteiger partial charge in [0.15, 0.2) is 0 Å². The van der Waals surface area contributed by atoms with Crippen LogP contribution in [-0.4, -0.2) is 27.3 Å². The average molecular weight is 353 g/mol. The van der Waals surface area contributed by atoms with E-state index in [2.05, 4.69) is 51.4 Å². The van der Waals surface area contributed by atoms with Crippen LogP contribution in [0.5, 0.6) is 0 Å². The van der Waals surface area contributed by atoms with Crippen LogP contribution < -0.4 is 10.2 Å². The summed E-state index contributed by atoms with van der Waals surface area (Å²) in [5.74, 6) is 0. The molecule has 1 aromatic carbocycles. The molecule has 0 unspecified atom stereocenters. The molecule has 0 fully saturated rings. The highest BCUT2D eigenvalue weighted by Gasteiger charge is 2.09. The van der Waals surface area contributed by atoms with Crippen molar-refractivity contribution in [3.05, 3.63) is 52.4 Å². The molecule has 4 nitrogen and oxygen atoms in total. The molecular formula is C16H21BrN2O2. The first kappa shape index (κ1) is 16.1. The number of rotatable bonds is 8. The predicted octanol–water partition coefficient (Wildman–Crippen LogP) is 3.41. The first-order chi connectivity index (χ1) is 10.2. The lowest BCUT2D eigenvalue weighted by atomic mass is 10.1. The zero-order valence-corrected chi connectivity index (χ0v) is 14.0. The maximum absolute atomic E-state index is 5.13. The molecule has 1 aromatic heterocycles. The summed E-state index contributed by atoms with van der Waals surface area (Å²) < 4.78 is 11.3. The SMILES string of the molecule is COCCNCc1ccc(Br)cc1N(C)Cc1ccoc1. The number of benzene rings is 1. The van der Waals surface area contributed by atoms with Crippen LogP contribution in [0.15, 0.2) is 45.7 Å². The van der Waals surface area contributed by atoms with E-state index >= 15 is 0 Å². The molecule has 1 N–H and O–H groups in total. The van der Waals surface area contributed by atoms with Gasteiger partial charge in [-0.25, -0.2) is 0 Å². The minimum atomic E-state index is 0.719. The van der Waals surface area contributed by atoms with Gasteiger partial charge in [0, 0.05) is 49.5 Å². The van der Waals surface area contributed by atoms with Gasteiger partial charge in [0.05, 0.1) is 19.1 Å². The monoisotopic (exact) mass is 352 g/mol. The molecule has 0 radical (unpaired) electrons. The van der Waals surface area contributed by atoms with E-state index in [1.807, 2.05) is 6.07 Å². The molecule has 2 aromatic rings. The molecule has 0 saturated carbocycles. The van der Waals surface area contributed by atoms with Gasteiger partial charge < -0.3 is 19.4 Å². The Morgan fingerprint density at radius 1 is 1.33 bits per heavy atom. The Labute approximate surface area is 134 Å². The molecule has 0 atom stereocenters. The van der Waals surface area contributed by atoms with Gasteiger partial charge in [-0.1, -0.05) is 22.0 Å². The van der Waals surface area contributed by atoms with Crippen molar-refractivity contribution in [2.75, 3.05) is 32.2 Å². The fourth-order valence-electron chi connectivity index (χ4n) is 2.18. The van der Waals surface area contributed by atoms with E-state index in [1.54, 1.807) is 19.6 Å². The molecule has 0 spiro atoms. The highest BCUT2D eigenvalue weighted by atomic mass is 79.9. The zero-order chi connectivity index (χ0) is 15.1. The Morgan fingerprint density at radius 3 is 2.90 bits per heavy atom. The van der Waals surface area contributed by atoms with Gasteiger partial charge in [-0.05, 0) is 23.8 Å². The standard InChI is InChI=1S/C16H21BrN2O2/c1-19(11-13-5-7-21-12-13)16-9-15(17)4-3-14(16)10-18-6-8-20-2/h3-5,7,9,12,18H,6,8,10-11H2,1-2H3. The summed E-state index contributed by atoms with van der Waals surface area (Å²) in [6.45, 7) is 3.20. The largest absolute Gasteiger partial charge is 0.472 e. The van der Waals surface area contributed by atoms with Crippen molar-refractivity contribution in [1.82, 2.24) is 5.32 Å². The zero-order valence-electron chi connectivity index (χ0n) is 12.4. The van der Waals surface area contributed by atoms with Crippen LogP contribution >= 0.6 is 15.9 Å². The van der Waals surface area contributed by atoms with Crippen molar-refractivity contribution >= 4 is 21.6 Å². The lowest BCUT2D eigenvalue weighted by molar-refractivity contribution is 0.199. The third-order valence-electron chi connectivity index (χ3n) is 3.26. The number of hydrogen-bond donors (Lipinski definition) is 1. The fraction of sp³-hybridized carbons (Fsp3) is 0.375. The van der Waals surface area contributed by atoms with E-state index in [4.69, 9.17) is 9.15 Å². The first-order valence-corrected chi connectivity index (χ1v) is 7.70.